The van der Waals surface area contributed by atoms with E-state index in [0.717, 1.165) is 19.4 Å². The summed E-state index contributed by atoms with van der Waals surface area (Å²) >= 11 is 5.79. The number of hydrogen-bond acceptors (Lipinski definition) is 2. The zero-order valence-electron chi connectivity index (χ0n) is 10.8. The van der Waals surface area contributed by atoms with Gasteiger partial charge in [-0.05, 0) is 43.4 Å². The van der Waals surface area contributed by atoms with Gasteiger partial charge in [0.25, 0.3) is 0 Å². The Kier molecular flexibility index (Phi) is 3.30. The summed E-state index contributed by atoms with van der Waals surface area (Å²) in [4.78, 5) is 25.2. The molecule has 1 aliphatic heterocycles. The SMILES string of the molecule is O=C(O)c1cc(Cl)ccc1NC(=O)N1CC2CCC1C2. The van der Waals surface area contributed by atoms with Gasteiger partial charge in [0, 0.05) is 17.6 Å². The Morgan fingerprint density at radius 1 is 1.35 bits per heavy atom. The minimum atomic E-state index is -1.11. The van der Waals surface area contributed by atoms with E-state index >= 15 is 0 Å². The van der Waals surface area contributed by atoms with Crippen LogP contribution in [0.1, 0.15) is 29.6 Å². The maximum Gasteiger partial charge on any atom is 0.337 e. The van der Waals surface area contributed by atoms with Crippen LogP contribution in [0.4, 0.5) is 10.5 Å². The summed E-state index contributed by atoms with van der Waals surface area (Å²) in [6.45, 7) is 0.770. The molecule has 2 unspecified atom stereocenters. The van der Waals surface area contributed by atoms with Crippen LogP contribution in [0.25, 0.3) is 0 Å². The number of carboxylic acids is 1. The van der Waals surface area contributed by atoms with E-state index in [1.807, 2.05) is 4.90 Å². The van der Waals surface area contributed by atoms with Crippen LogP contribution >= 0.6 is 11.6 Å². The number of fused-ring (bicyclic) bond motifs is 2. The quantitative estimate of drug-likeness (QED) is 0.881. The highest BCUT2D eigenvalue weighted by atomic mass is 35.5. The first kappa shape index (κ1) is 13.2. The molecule has 1 aromatic carbocycles. The average Bonchev–Trinajstić information content (AvgIpc) is 3.03. The maximum absolute atomic E-state index is 12.3. The molecule has 2 amide bonds. The number of carbonyl (C=O) groups excluding carboxylic acids is 1. The number of nitrogens with zero attached hydrogens (tertiary/aromatic N) is 1. The number of piperidine rings is 1. The van der Waals surface area contributed by atoms with Gasteiger partial charge in [-0.1, -0.05) is 11.6 Å². The number of nitrogens with one attached hydrogen (secondary N) is 1. The van der Waals surface area contributed by atoms with Crippen molar-refractivity contribution in [3.63, 3.8) is 0 Å². The first-order valence-electron chi connectivity index (χ1n) is 6.65. The van der Waals surface area contributed by atoms with Crippen molar-refractivity contribution >= 4 is 29.3 Å². The molecule has 0 aromatic heterocycles. The number of amides is 2. The topological polar surface area (TPSA) is 69.6 Å². The number of carbonyl (C=O) groups is 2. The summed E-state index contributed by atoms with van der Waals surface area (Å²) in [7, 11) is 0. The van der Waals surface area contributed by atoms with Crippen molar-refractivity contribution in [2.45, 2.75) is 25.3 Å². The molecule has 20 heavy (non-hydrogen) atoms. The highest BCUT2D eigenvalue weighted by Gasteiger charge is 2.40. The highest BCUT2D eigenvalue weighted by molar-refractivity contribution is 6.31. The molecule has 106 valence electrons. The Hall–Kier alpha value is -1.75. The number of aromatic carboxylic acids is 1. The smallest absolute Gasteiger partial charge is 0.337 e. The van der Waals surface area contributed by atoms with Crippen LogP contribution < -0.4 is 5.32 Å². The zero-order valence-corrected chi connectivity index (χ0v) is 11.6. The lowest BCUT2D eigenvalue weighted by molar-refractivity contribution is 0.0698. The summed E-state index contributed by atoms with van der Waals surface area (Å²) in [6.07, 6.45) is 3.31. The van der Waals surface area contributed by atoms with Crippen molar-refractivity contribution in [1.29, 1.82) is 0 Å². The molecule has 3 rings (SSSR count). The van der Waals surface area contributed by atoms with Crippen molar-refractivity contribution < 1.29 is 14.7 Å². The third-order valence-electron chi connectivity index (χ3n) is 4.12. The molecule has 0 radical (unpaired) electrons. The van der Waals surface area contributed by atoms with E-state index in [1.54, 1.807) is 6.07 Å². The molecule has 2 N–H and O–H groups in total. The van der Waals surface area contributed by atoms with E-state index in [2.05, 4.69) is 5.32 Å². The van der Waals surface area contributed by atoms with Gasteiger partial charge in [0.2, 0.25) is 0 Å². The van der Waals surface area contributed by atoms with Gasteiger partial charge in [-0.2, -0.15) is 0 Å². The lowest BCUT2D eigenvalue weighted by atomic mass is 10.1. The van der Waals surface area contributed by atoms with Gasteiger partial charge in [0.1, 0.15) is 0 Å². The fourth-order valence-electron chi connectivity index (χ4n) is 3.16. The van der Waals surface area contributed by atoms with E-state index in [4.69, 9.17) is 16.7 Å². The zero-order chi connectivity index (χ0) is 14.3. The van der Waals surface area contributed by atoms with E-state index in [1.165, 1.54) is 18.6 Å². The molecule has 1 aliphatic carbocycles. The van der Waals surface area contributed by atoms with Crippen LogP contribution in [0.3, 0.4) is 0 Å². The molecule has 1 saturated heterocycles. The average molecular weight is 295 g/mol. The minimum Gasteiger partial charge on any atom is -0.478 e. The predicted molar refractivity (Wildman–Crippen MR) is 75.3 cm³/mol. The van der Waals surface area contributed by atoms with Crippen molar-refractivity contribution in [3.05, 3.63) is 28.8 Å². The van der Waals surface area contributed by atoms with Crippen LogP contribution in [0.2, 0.25) is 5.02 Å². The molecule has 5 nitrogen and oxygen atoms in total. The molecule has 6 heteroatoms. The number of likely N-dealkylation sites (tertiary alicyclic amines) is 1. The maximum atomic E-state index is 12.3. The minimum absolute atomic E-state index is 0.00945. The van der Waals surface area contributed by atoms with Gasteiger partial charge < -0.3 is 15.3 Å². The number of anilines is 1. The largest absolute Gasteiger partial charge is 0.478 e. The first-order chi connectivity index (χ1) is 9.54. The highest BCUT2D eigenvalue weighted by Crippen LogP contribution is 2.37. The Bertz CT molecular complexity index is 576. The van der Waals surface area contributed by atoms with Crippen LogP contribution in [-0.4, -0.2) is 34.6 Å². The molecule has 2 aliphatic rings. The van der Waals surface area contributed by atoms with Gasteiger partial charge in [-0.25, -0.2) is 9.59 Å². The Labute approximate surface area is 121 Å². The molecule has 2 atom stereocenters. The van der Waals surface area contributed by atoms with Gasteiger partial charge in [0.05, 0.1) is 11.3 Å². The summed E-state index contributed by atoms with van der Waals surface area (Å²) in [5.74, 6) is -0.499. The number of halogens is 1. The monoisotopic (exact) mass is 294 g/mol. The molecule has 1 saturated carbocycles. The van der Waals surface area contributed by atoms with Crippen LogP contribution in [0.5, 0.6) is 0 Å². The Morgan fingerprint density at radius 2 is 2.15 bits per heavy atom. The van der Waals surface area contributed by atoms with Crippen molar-refractivity contribution in [1.82, 2.24) is 4.90 Å². The lowest BCUT2D eigenvalue weighted by Crippen LogP contribution is -2.40. The van der Waals surface area contributed by atoms with Gasteiger partial charge in [0.15, 0.2) is 0 Å². The van der Waals surface area contributed by atoms with E-state index < -0.39 is 5.97 Å². The standard InChI is InChI=1S/C14H15ClN2O3/c15-9-2-4-12(11(6-9)13(18)19)16-14(20)17-7-8-1-3-10(17)5-8/h2,4,6,8,10H,1,3,5,7H2,(H,16,20)(H,18,19). The van der Waals surface area contributed by atoms with Crippen molar-refractivity contribution in [3.8, 4) is 0 Å². The van der Waals surface area contributed by atoms with Crippen molar-refractivity contribution in [2.75, 3.05) is 11.9 Å². The molecular weight excluding hydrogens is 280 g/mol. The molecule has 0 spiro atoms. The normalized spacial score (nSPS) is 23.9. The van der Waals surface area contributed by atoms with Crippen LogP contribution in [-0.2, 0) is 0 Å². The number of benzene rings is 1. The van der Waals surface area contributed by atoms with E-state index in [9.17, 15) is 9.59 Å². The van der Waals surface area contributed by atoms with E-state index in [-0.39, 0.29) is 17.3 Å². The second-order valence-electron chi connectivity index (χ2n) is 5.41. The third-order valence-corrected chi connectivity index (χ3v) is 4.36. The Morgan fingerprint density at radius 3 is 2.75 bits per heavy atom. The molecule has 1 heterocycles. The molecule has 2 fully saturated rings. The van der Waals surface area contributed by atoms with E-state index in [0.29, 0.717) is 17.0 Å². The molecule has 2 bridgehead atoms. The second kappa shape index (κ2) is 4.98. The third kappa shape index (κ3) is 2.33. The lowest BCUT2D eigenvalue weighted by Gasteiger charge is -2.27. The summed E-state index contributed by atoms with van der Waals surface area (Å²) < 4.78 is 0. The summed E-state index contributed by atoms with van der Waals surface area (Å²) in [5, 5.41) is 12.2. The van der Waals surface area contributed by atoms with Crippen LogP contribution in [0.15, 0.2) is 18.2 Å². The Balaban J connectivity index is 1.78. The van der Waals surface area contributed by atoms with Crippen molar-refractivity contribution in [2.24, 2.45) is 5.92 Å². The van der Waals surface area contributed by atoms with Gasteiger partial charge in [-0.3, -0.25) is 0 Å². The second-order valence-corrected chi connectivity index (χ2v) is 5.85. The fraction of sp³-hybridized carbons (Fsp3) is 0.429. The summed E-state index contributed by atoms with van der Waals surface area (Å²) in [6, 6.07) is 4.52. The van der Waals surface area contributed by atoms with Crippen LogP contribution in [0, 0.1) is 5.92 Å². The van der Waals surface area contributed by atoms with Gasteiger partial charge >= 0.3 is 12.0 Å². The number of hydrogen-bond donors (Lipinski definition) is 2. The number of urea groups is 1. The van der Waals surface area contributed by atoms with Gasteiger partial charge in [-0.15, -0.1) is 0 Å². The number of carboxylic acid groups (broad SMARTS) is 1. The predicted octanol–water partition coefficient (Wildman–Crippen LogP) is 3.05. The molecular formula is C14H15ClN2O3. The summed E-state index contributed by atoms with van der Waals surface area (Å²) in [5.41, 5.74) is 0.296. The fourth-order valence-corrected chi connectivity index (χ4v) is 3.33. The number of rotatable bonds is 2. The molecule has 1 aromatic rings. The first-order valence-corrected chi connectivity index (χ1v) is 7.03.